The van der Waals surface area contributed by atoms with Crippen LogP contribution in [0.3, 0.4) is 0 Å². The second-order valence-corrected chi connectivity index (χ2v) is 4.39. The molecule has 0 aliphatic rings. The van der Waals surface area contributed by atoms with E-state index in [9.17, 15) is 9.46 Å². The van der Waals surface area contributed by atoms with Crippen LogP contribution in [-0.2, 0) is 4.57 Å². The molecule has 0 spiro atoms. The summed E-state index contributed by atoms with van der Waals surface area (Å²) in [7, 11) is -3.27. The van der Waals surface area contributed by atoms with Crippen molar-refractivity contribution in [3.8, 4) is 0 Å². The third-order valence-electron chi connectivity index (χ3n) is 1.23. The molecule has 0 saturated heterocycles. The van der Waals surface area contributed by atoms with Crippen molar-refractivity contribution in [1.29, 1.82) is 0 Å². The van der Waals surface area contributed by atoms with E-state index in [4.69, 9.17) is 0 Å². The maximum absolute atomic E-state index is 10.9. The molecule has 1 unspecified atom stereocenters. The van der Waals surface area contributed by atoms with Gasteiger partial charge in [0, 0.05) is 7.37 Å². The number of benzene rings is 1. The molecule has 0 amide bonds. The Kier molecular flexibility index (Phi) is 4.60. The third-order valence-corrected chi connectivity index (χ3v) is 2.46. The monoisotopic (exact) mass is 178 g/mol. The fourth-order valence-corrected chi connectivity index (χ4v) is 1.41. The minimum atomic E-state index is -3.27. The molecule has 0 aliphatic heterocycles. The van der Waals surface area contributed by atoms with Gasteiger partial charge < -0.3 is 9.46 Å². The van der Waals surface area contributed by atoms with Crippen molar-refractivity contribution >= 4 is 12.7 Å². The molecular weight excluding hydrogens is 170 g/mol. The van der Waals surface area contributed by atoms with Gasteiger partial charge in [0.2, 0.25) is 0 Å². The predicted molar refractivity (Wildman–Crippen MR) is 39.6 cm³/mol. The second-order valence-electron chi connectivity index (χ2n) is 2.18. The molecule has 1 aromatic carbocycles. The molecule has 0 aromatic heterocycles. The van der Waals surface area contributed by atoms with Crippen LogP contribution in [0.1, 0.15) is 0 Å². The zero-order chi connectivity index (χ0) is 7.61. The fraction of sp³-hybridized carbons (Fsp3) is 0.143. The summed E-state index contributed by atoms with van der Waals surface area (Å²) < 4.78 is 10.9. The summed E-state index contributed by atoms with van der Waals surface area (Å²) in [4.78, 5) is 10.9. The molecule has 0 N–H and O–H groups in total. The molecule has 1 aromatic rings. The normalized spacial score (nSPS) is 14.7. The van der Waals surface area contributed by atoms with Crippen LogP contribution in [0.2, 0.25) is 0 Å². The summed E-state index contributed by atoms with van der Waals surface area (Å²) in [5.41, 5.74) is 0. The molecule has 0 radical (unpaired) electrons. The zero-order valence-corrected chi connectivity index (χ0v) is 9.54. The molecule has 4 heteroatoms. The maximum atomic E-state index is 10.9. The summed E-state index contributed by atoms with van der Waals surface area (Å²) in [6.45, 7) is 1.22. The molecule has 0 saturated carbocycles. The quantitative estimate of drug-likeness (QED) is 0.355. The molecule has 54 valence electrons. The van der Waals surface area contributed by atoms with Crippen molar-refractivity contribution in [3.63, 3.8) is 0 Å². The van der Waals surface area contributed by atoms with Gasteiger partial charge in [-0.15, -0.1) is 0 Å². The van der Waals surface area contributed by atoms with Gasteiger partial charge in [0.05, 0.1) is 0 Å². The van der Waals surface area contributed by atoms with E-state index >= 15 is 0 Å². The average molecular weight is 178 g/mol. The first-order valence-electron chi connectivity index (χ1n) is 2.95. The topological polar surface area (TPSA) is 40.1 Å². The van der Waals surface area contributed by atoms with E-state index in [0.717, 1.165) is 0 Å². The SMILES string of the molecule is CP(=O)([O-])c1ccccc1.[Na+]. The fourth-order valence-electron chi connectivity index (χ4n) is 0.699. The summed E-state index contributed by atoms with van der Waals surface area (Å²) >= 11 is 0. The van der Waals surface area contributed by atoms with Crippen LogP contribution in [0.5, 0.6) is 0 Å². The number of hydrogen-bond acceptors (Lipinski definition) is 2. The van der Waals surface area contributed by atoms with E-state index in [-0.39, 0.29) is 29.6 Å². The van der Waals surface area contributed by atoms with E-state index in [0.29, 0.717) is 5.30 Å². The Labute approximate surface area is 88.4 Å². The van der Waals surface area contributed by atoms with Gasteiger partial charge in [-0.2, -0.15) is 0 Å². The molecule has 1 atom stereocenters. The van der Waals surface area contributed by atoms with Crippen molar-refractivity contribution in [1.82, 2.24) is 0 Å². The largest absolute Gasteiger partial charge is 1.00 e. The smallest absolute Gasteiger partial charge is 0.796 e. The molecular formula is C7H8NaO2P. The number of hydrogen-bond donors (Lipinski definition) is 0. The minimum absolute atomic E-state index is 0. The molecule has 0 aliphatic carbocycles. The Morgan fingerprint density at radius 2 is 1.73 bits per heavy atom. The summed E-state index contributed by atoms with van der Waals surface area (Å²) in [6.07, 6.45) is 0. The van der Waals surface area contributed by atoms with Gasteiger partial charge in [-0.25, -0.2) is 0 Å². The van der Waals surface area contributed by atoms with Gasteiger partial charge in [-0.05, 0) is 12.0 Å². The van der Waals surface area contributed by atoms with Crippen LogP contribution in [-0.4, -0.2) is 6.66 Å². The molecule has 0 bridgehead atoms. The Balaban J connectivity index is 0.000001000. The van der Waals surface area contributed by atoms with E-state index in [2.05, 4.69) is 0 Å². The Morgan fingerprint density at radius 1 is 1.27 bits per heavy atom. The average Bonchev–Trinajstić information content (AvgIpc) is 1.88. The van der Waals surface area contributed by atoms with Crippen molar-refractivity contribution in [3.05, 3.63) is 30.3 Å². The van der Waals surface area contributed by atoms with Gasteiger partial charge >= 0.3 is 29.6 Å². The second kappa shape index (κ2) is 4.44. The molecule has 0 heterocycles. The first kappa shape index (κ1) is 11.4. The summed E-state index contributed by atoms with van der Waals surface area (Å²) in [6, 6.07) is 8.40. The van der Waals surface area contributed by atoms with Crippen LogP contribution in [0, 0.1) is 0 Å². The molecule has 1 rings (SSSR count). The zero-order valence-electron chi connectivity index (χ0n) is 6.65. The van der Waals surface area contributed by atoms with Crippen LogP contribution >= 0.6 is 7.37 Å². The first-order valence-corrected chi connectivity index (χ1v) is 5.02. The number of rotatable bonds is 1. The summed E-state index contributed by atoms with van der Waals surface area (Å²) in [5.74, 6) is 0. The minimum Gasteiger partial charge on any atom is -0.796 e. The van der Waals surface area contributed by atoms with Crippen molar-refractivity contribution in [2.45, 2.75) is 0 Å². The predicted octanol–water partition coefficient (Wildman–Crippen LogP) is -2.42. The van der Waals surface area contributed by atoms with Crippen molar-refractivity contribution < 1.29 is 39.0 Å². The third kappa shape index (κ3) is 3.55. The molecule has 11 heavy (non-hydrogen) atoms. The van der Waals surface area contributed by atoms with Crippen LogP contribution in [0.25, 0.3) is 0 Å². The van der Waals surface area contributed by atoms with E-state index in [1.807, 2.05) is 0 Å². The van der Waals surface area contributed by atoms with Gasteiger partial charge in [0.1, 0.15) is 0 Å². The van der Waals surface area contributed by atoms with Crippen LogP contribution in [0.4, 0.5) is 0 Å². The van der Waals surface area contributed by atoms with Crippen molar-refractivity contribution in [2.75, 3.05) is 6.66 Å². The van der Waals surface area contributed by atoms with Crippen LogP contribution in [0.15, 0.2) is 30.3 Å². The Hall–Kier alpha value is 0.410. The summed E-state index contributed by atoms with van der Waals surface area (Å²) in [5, 5.41) is 0.398. The van der Waals surface area contributed by atoms with Gasteiger partial charge in [0.15, 0.2) is 0 Å². The van der Waals surface area contributed by atoms with E-state index < -0.39 is 7.37 Å². The first-order chi connectivity index (χ1) is 4.61. The standard InChI is InChI=1S/C7H9O2P.Na/c1-10(8,9)7-5-3-2-4-6-7;/h2-6H,1H3,(H,8,9);/q;+1/p-1. The molecule has 0 fully saturated rings. The van der Waals surface area contributed by atoms with E-state index in [1.54, 1.807) is 30.3 Å². The van der Waals surface area contributed by atoms with Gasteiger partial charge in [-0.1, -0.05) is 30.3 Å². The van der Waals surface area contributed by atoms with Gasteiger partial charge in [0.25, 0.3) is 0 Å². The Morgan fingerprint density at radius 3 is 2.00 bits per heavy atom. The maximum Gasteiger partial charge on any atom is 1.00 e. The van der Waals surface area contributed by atoms with Crippen molar-refractivity contribution in [2.24, 2.45) is 0 Å². The molecule has 2 nitrogen and oxygen atoms in total. The van der Waals surface area contributed by atoms with Crippen LogP contribution < -0.4 is 39.8 Å². The van der Waals surface area contributed by atoms with Gasteiger partial charge in [-0.3, -0.25) is 0 Å². The van der Waals surface area contributed by atoms with E-state index in [1.165, 1.54) is 6.66 Å². The Bertz CT molecular complexity index is 254.